The number of nitrogens with zero attached hydrogens (tertiary/aromatic N) is 2. The molecule has 1 N–H and O–H groups in total. The number of nitrogens with one attached hydrogen (secondary N) is 1. The molecule has 1 aliphatic carbocycles. The van der Waals surface area contributed by atoms with Crippen molar-refractivity contribution in [3.05, 3.63) is 12.4 Å². The van der Waals surface area contributed by atoms with Gasteiger partial charge in [0, 0.05) is 6.04 Å². The normalized spacial score (nSPS) is 29.2. The van der Waals surface area contributed by atoms with Gasteiger partial charge < -0.3 is 10.1 Å². The Morgan fingerprint density at radius 2 is 2.35 bits per heavy atom. The summed E-state index contributed by atoms with van der Waals surface area (Å²) in [5.74, 6) is 1.66. The monoisotopic (exact) mass is 237 g/mol. The predicted octanol–water partition coefficient (Wildman–Crippen LogP) is 2.23. The van der Waals surface area contributed by atoms with Gasteiger partial charge in [-0.15, -0.1) is 0 Å². The molecule has 0 bridgehead atoms. The Bertz CT molecular complexity index is 350. The summed E-state index contributed by atoms with van der Waals surface area (Å²) < 4.78 is 7.54. The molecule has 3 unspecified atom stereocenters. The van der Waals surface area contributed by atoms with Crippen LogP contribution in [0.25, 0.3) is 0 Å². The zero-order chi connectivity index (χ0) is 12.3. The van der Waals surface area contributed by atoms with E-state index < -0.39 is 0 Å². The second-order valence-corrected chi connectivity index (χ2v) is 4.97. The molecule has 1 saturated carbocycles. The first-order valence-electron chi connectivity index (χ1n) is 6.58. The lowest BCUT2D eigenvalue weighted by molar-refractivity contribution is 0.210. The average molecular weight is 237 g/mol. The predicted molar refractivity (Wildman–Crippen MR) is 68.3 cm³/mol. The molecule has 2 rings (SSSR count). The second-order valence-electron chi connectivity index (χ2n) is 4.97. The summed E-state index contributed by atoms with van der Waals surface area (Å²) in [4.78, 5) is 0. The third-order valence-corrected chi connectivity index (χ3v) is 3.68. The van der Waals surface area contributed by atoms with E-state index in [0.29, 0.717) is 18.7 Å². The summed E-state index contributed by atoms with van der Waals surface area (Å²) in [6.45, 7) is 5.02. The van der Waals surface area contributed by atoms with Gasteiger partial charge in [0.25, 0.3) is 0 Å². The van der Waals surface area contributed by atoms with Crippen molar-refractivity contribution >= 4 is 0 Å². The van der Waals surface area contributed by atoms with E-state index in [2.05, 4.69) is 22.0 Å². The minimum Gasteiger partial charge on any atom is -0.491 e. The number of hydrogen-bond donors (Lipinski definition) is 1. The Morgan fingerprint density at radius 3 is 3.06 bits per heavy atom. The molecule has 0 aromatic carbocycles. The molecule has 0 amide bonds. The number of hydrogen-bond acceptors (Lipinski definition) is 3. The number of rotatable bonds is 4. The van der Waals surface area contributed by atoms with Crippen LogP contribution in [0.5, 0.6) is 5.75 Å². The molecule has 0 aliphatic heterocycles. The molecule has 0 saturated heterocycles. The van der Waals surface area contributed by atoms with Crippen LogP contribution in [0.1, 0.15) is 39.2 Å². The highest BCUT2D eigenvalue weighted by Crippen LogP contribution is 2.32. The molecular weight excluding hydrogens is 214 g/mol. The molecule has 1 fully saturated rings. The fourth-order valence-corrected chi connectivity index (χ4v) is 2.72. The molecule has 4 nitrogen and oxygen atoms in total. The first-order valence-corrected chi connectivity index (χ1v) is 6.58. The van der Waals surface area contributed by atoms with Crippen molar-refractivity contribution in [3.8, 4) is 5.75 Å². The Hall–Kier alpha value is -1.03. The van der Waals surface area contributed by atoms with E-state index in [-0.39, 0.29) is 0 Å². The Balaban J connectivity index is 2.11. The molecule has 96 valence electrons. The second kappa shape index (κ2) is 5.54. The summed E-state index contributed by atoms with van der Waals surface area (Å²) in [6, 6.07) is 0.985. The summed E-state index contributed by atoms with van der Waals surface area (Å²) in [5.41, 5.74) is 0. The summed E-state index contributed by atoms with van der Waals surface area (Å²) >= 11 is 0. The van der Waals surface area contributed by atoms with Crippen LogP contribution in [0, 0.1) is 5.92 Å². The van der Waals surface area contributed by atoms with Crippen LogP contribution in [-0.4, -0.2) is 29.5 Å². The van der Waals surface area contributed by atoms with Crippen molar-refractivity contribution in [1.29, 1.82) is 0 Å². The van der Waals surface area contributed by atoms with Gasteiger partial charge in [-0.2, -0.15) is 5.10 Å². The molecule has 4 heteroatoms. The van der Waals surface area contributed by atoms with Gasteiger partial charge in [-0.3, -0.25) is 4.68 Å². The summed E-state index contributed by atoms with van der Waals surface area (Å²) in [5, 5.41) is 7.86. The smallest absolute Gasteiger partial charge is 0.157 e. The number of ether oxygens (including phenoxy) is 1. The van der Waals surface area contributed by atoms with Crippen molar-refractivity contribution in [2.24, 2.45) is 5.92 Å². The van der Waals surface area contributed by atoms with E-state index in [0.717, 1.165) is 11.7 Å². The van der Waals surface area contributed by atoms with E-state index in [9.17, 15) is 0 Å². The van der Waals surface area contributed by atoms with Crippen molar-refractivity contribution in [3.63, 3.8) is 0 Å². The van der Waals surface area contributed by atoms with E-state index in [1.165, 1.54) is 19.3 Å². The maximum absolute atomic E-state index is 5.47. The lowest BCUT2D eigenvalue weighted by Gasteiger charge is -2.34. The Morgan fingerprint density at radius 1 is 1.53 bits per heavy atom. The van der Waals surface area contributed by atoms with Gasteiger partial charge in [0.1, 0.15) is 0 Å². The largest absolute Gasteiger partial charge is 0.491 e. The molecule has 0 spiro atoms. The SMILES string of the molecule is CCOc1cnn(C2CC(C)CCC2NC)c1. The number of aromatic nitrogens is 2. The first-order chi connectivity index (χ1) is 8.24. The number of likely N-dealkylation sites (N-methyl/N-ethyl adjacent to an activating group) is 1. The van der Waals surface area contributed by atoms with Crippen LogP contribution in [0.15, 0.2) is 12.4 Å². The molecule has 1 heterocycles. The van der Waals surface area contributed by atoms with Crippen molar-refractivity contribution in [1.82, 2.24) is 15.1 Å². The van der Waals surface area contributed by atoms with Crippen molar-refractivity contribution < 1.29 is 4.74 Å². The summed E-state index contributed by atoms with van der Waals surface area (Å²) in [6.07, 6.45) is 7.57. The van der Waals surface area contributed by atoms with Crippen LogP contribution in [-0.2, 0) is 0 Å². The van der Waals surface area contributed by atoms with Crippen LogP contribution in [0.3, 0.4) is 0 Å². The third-order valence-electron chi connectivity index (χ3n) is 3.68. The molecule has 1 aliphatic rings. The van der Waals surface area contributed by atoms with Gasteiger partial charge in [0.05, 0.1) is 25.0 Å². The van der Waals surface area contributed by atoms with Crippen LogP contribution < -0.4 is 10.1 Å². The molecule has 1 aromatic rings. The van der Waals surface area contributed by atoms with Crippen molar-refractivity contribution in [2.75, 3.05) is 13.7 Å². The zero-order valence-corrected chi connectivity index (χ0v) is 11.0. The van der Waals surface area contributed by atoms with Gasteiger partial charge >= 0.3 is 0 Å². The van der Waals surface area contributed by atoms with E-state index in [4.69, 9.17) is 4.74 Å². The quantitative estimate of drug-likeness (QED) is 0.873. The average Bonchev–Trinajstić information content (AvgIpc) is 2.78. The van der Waals surface area contributed by atoms with Crippen LogP contribution >= 0.6 is 0 Å². The van der Waals surface area contributed by atoms with Crippen LogP contribution in [0.2, 0.25) is 0 Å². The summed E-state index contributed by atoms with van der Waals surface area (Å²) in [7, 11) is 2.04. The Kier molecular flexibility index (Phi) is 4.05. The fraction of sp³-hybridized carbons (Fsp3) is 0.769. The maximum atomic E-state index is 5.47. The molecule has 3 atom stereocenters. The molecule has 0 radical (unpaired) electrons. The van der Waals surface area contributed by atoms with Gasteiger partial charge in [0.2, 0.25) is 0 Å². The highest BCUT2D eigenvalue weighted by atomic mass is 16.5. The van der Waals surface area contributed by atoms with E-state index in [1.54, 1.807) is 0 Å². The van der Waals surface area contributed by atoms with Crippen LogP contribution in [0.4, 0.5) is 0 Å². The van der Waals surface area contributed by atoms with Gasteiger partial charge in [-0.25, -0.2) is 0 Å². The lowest BCUT2D eigenvalue weighted by atomic mass is 9.83. The highest BCUT2D eigenvalue weighted by molar-refractivity contribution is 5.12. The van der Waals surface area contributed by atoms with Crippen molar-refractivity contribution in [2.45, 2.75) is 45.2 Å². The van der Waals surface area contributed by atoms with Gasteiger partial charge in [0.15, 0.2) is 5.75 Å². The van der Waals surface area contributed by atoms with Gasteiger partial charge in [-0.05, 0) is 39.2 Å². The van der Waals surface area contributed by atoms with E-state index in [1.807, 2.05) is 26.4 Å². The standard InChI is InChI=1S/C13H23N3O/c1-4-17-11-8-15-16(9-11)13-7-10(2)5-6-12(13)14-3/h8-10,12-14H,4-7H2,1-3H3. The molecular formula is C13H23N3O. The third kappa shape index (κ3) is 2.80. The molecule has 1 aromatic heterocycles. The maximum Gasteiger partial charge on any atom is 0.157 e. The van der Waals surface area contributed by atoms with Gasteiger partial charge in [-0.1, -0.05) is 6.92 Å². The fourth-order valence-electron chi connectivity index (χ4n) is 2.72. The minimum absolute atomic E-state index is 0.456. The zero-order valence-electron chi connectivity index (χ0n) is 11.0. The van der Waals surface area contributed by atoms with E-state index >= 15 is 0 Å². The first kappa shape index (κ1) is 12.4. The highest BCUT2D eigenvalue weighted by Gasteiger charge is 2.29. The lowest BCUT2D eigenvalue weighted by Crippen LogP contribution is -2.39. The molecule has 17 heavy (non-hydrogen) atoms. The minimum atomic E-state index is 0.456. The topological polar surface area (TPSA) is 39.1 Å². The Labute approximate surface area is 103 Å².